The van der Waals surface area contributed by atoms with Crippen LogP contribution in [0.2, 0.25) is 0 Å². The van der Waals surface area contributed by atoms with Crippen molar-refractivity contribution < 1.29 is 9.18 Å². The molecule has 0 aromatic heterocycles. The van der Waals surface area contributed by atoms with Crippen LogP contribution in [0.4, 0.5) is 10.1 Å². The van der Waals surface area contributed by atoms with E-state index in [0.29, 0.717) is 11.3 Å². The van der Waals surface area contributed by atoms with E-state index in [1.54, 1.807) is 24.3 Å². The molecule has 0 aliphatic rings. The van der Waals surface area contributed by atoms with Gasteiger partial charge < -0.3 is 5.32 Å². The maximum atomic E-state index is 13.0. The third kappa shape index (κ3) is 2.96. The molecule has 2 aromatic carbocycles. The fraction of sp³-hybridized carbons (Fsp3) is 0.0714. The highest BCUT2D eigenvalue weighted by atomic mass is 79.9. The molecular formula is C14H11BrFNO. The van der Waals surface area contributed by atoms with Crippen molar-refractivity contribution in [2.75, 3.05) is 5.32 Å². The maximum Gasteiger partial charge on any atom is 0.255 e. The molecule has 0 bridgehead atoms. The second-order valence-electron chi connectivity index (χ2n) is 3.93. The van der Waals surface area contributed by atoms with Gasteiger partial charge >= 0.3 is 0 Å². The van der Waals surface area contributed by atoms with Gasteiger partial charge in [0.1, 0.15) is 5.82 Å². The lowest BCUT2D eigenvalue weighted by molar-refractivity contribution is 0.102. The summed E-state index contributed by atoms with van der Waals surface area (Å²) in [7, 11) is 0. The molecule has 0 radical (unpaired) electrons. The van der Waals surface area contributed by atoms with Crippen molar-refractivity contribution in [1.82, 2.24) is 0 Å². The van der Waals surface area contributed by atoms with Crippen LogP contribution in [0.25, 0.3) is 0 Å². The molecular weight excluding hydrogens is 297 g/mol. The largest absolute Gasteiger partial charge is 0.322 e. The lowest BCUT2D eigenvalue weighted by Gasteiger charge is -2.06. The van der Waals surface area contributed by atoms with E-state index in [-0.39, 0.29) is 11.7 Å². The first-order valence-corrected chi connectivity index (χ1v) is 6.18. The first-order valence-electron chi connectivity index (χ1n) is 5.39. The number of hydrogen-bond donors (Lipinski definition) is 1. The molecule has 0 unspecified atom stereocenters. The summed E-state index contributed by atoms with van der Waals surface area (Å²) >= 11 is 3.37. The van der Waals surface area contributed by atoms with Crippen LogP contribution in [0, 0.1) is 12.7 Å². The number of halogens is 2. The molecule has 0 fully saturated rings. The molecule has 2 rings (SSSR count). The van der Waals surface area contributed by atoms with Gasteiger partial charge in [0.2, 0.25) is 0 Å². The number of carbonyl (C=O) groups is 1. The summed E-state index contributed by atoms with van der Waals surface area (Å²) in [6.07, 6.45) is 0. The minimum absolute atomic E-state index is 0.263. The highest BCUT2D eigenvalue weighted by Crippen LogP contribution is 2.18. The van der Waals surface area contributed by atoms with Crippen LogP contribution in [0.5, 0.6) is 0 Å². The summed E-state index contributed by atoms with van der Waals surface area (Å²) < 4.78 is 13.8. The Hall–Kier alpha value is -1.68. The van der Waals surface area contributed by atoms with Crippen LogP contribution in [0.15, 0.2) is 46.9 Å². The molecule has 2 nitrogen and oxygen atoms in total. The molecule has 0 saturated carbocycles. The molecule has 0 aliphatic heterocycles. The van der Waals surface area contributed by atoms with Crippen LogP contribution in [-0.4, -0.2) is 5.91 Å². The van der Waals surface area contributed by atoms with E-state index in [4.69, 9.17) is 0 Å². The van der Waals surface area contributed by atoms with Crippen molar-refractivity contribution in [3.63, 3.8) is 0 Å². The average molecular weight is 308 g/mol. The maximum absolute atomic E-state index is 13.0. The lowest BCUT2D eigenvalue weighted by Crippen LogP contribution is -2.12. The number of aryl methyl sites for hydroxylation is 1. The average Bonchev–Trinajstić information content (AvgIpc) is 2.32. The number of hydrogen-bond acceptors (Lipinski definition) is 1. The van der Waals surface area contributed by atoms with Crippen LogP contribution in [0.1, 0.15) is 15.9 Å². The highest BCUT2D eigenvalue weighted by Gasteiger charge is 2.07. The number of anilines is 1. The Kier molecular flexibility index (Phi) is 3.77. The minimum Gasteiger partial charge on any atom is -0.322 e. The smallest absolute Gasteiger partial charge is 0.255 e. The van der Waals surface area contributed by atoms with Gasteiger partial charge in [-0.05, 0) is 42.8 Å². The van der Waals surface area contributed by atoms with E-state index in [1.807, 2.05) is 13.0 Å². The summed E-state index contributed by atoms with van der Waals surface area (Å²) in [5, 5.41) is 2.65. The van der Waals surface area contributed by atoms with Crippen LogP contribution in [0.3, 0.4) is 0 Å². The summed E-state index contributed by atoms with van der Waals surface area (Å²) in [4.78, 5) is 11.9. The molecule has 2 aromatic rings. The summed E-state index contributed by atoms with van der Waals surface area (Å²) in [6, 6.07) is 11.1. The number of carbonyl (C=O) groups excluding carboxylic acids is 1. The zero-order valence-electron chi connectivity index (χ0n) is 9.71. The topological polar surface area (TPSA) is 29.1 Å². The van der Waals surface area contributed by atoms with Gasteiger partial charge in [-0.15, -0.1) is 0 Å². The van der Waals surface area contributed by atoms with Crippen LogP contribution < -0.4 is 5.32 Å². The van der Waals surface area contributed by atoms with Gasteiger partial charge in [-0.25, -0.2) is 4.39 Å². The highest BCUT2D eigenvalue weighted by molar-refractivity contribution is 9.10. The number of nitrogens with one attached hydrogen (secondary N) is 1. The quantitative estimate of drug-likeness (QED) is 0.887. The molecule has 0 spiro atoms. The molecule has 18 heavy (non-hydrogen) atoms. The first kappa shape index (κ1) is 12.8. The van der Waals surface area contributed by atoms with Crippen molar-refractivity contribution in [3.05, 3.63) is 63.9 Å². The van der Waals surface area contributed by atoms with Crippen LogP contribution >= 0.6 is 15.9 Å². The summed E-state index contributed by atoms with van der Waals surface area (Å²) in [5.74, 6) is -0.640. The Morgan fingerprint density at radius 2 is 2.00 bits per heavy atom. The zero-order valence-corrected chi connectivity index (χ0v) is 11.3. The standard InChI is InChI=1S/C14H11BrFNO/c1-9-5-6-10(7-13(9)15)14(18)17-12-4-2-3-11(16)8-12/h2-8H,1H3,(H,17,18). The predicted octanol–water partition coefficient (Wildman–Crippen LogP) is 4.15. The Bertz CT molecular complexity index is 598. The monoisotopic (exact) mass is 307 g/mol. The Morgan fingerprint density at radius 1 is 1.22 bits per heavy atom. The molecule has 0 saturated heterocycles. The summed E-state index contributed by atoms with van der Waals surface area (Å²) in [5.41, 5.74) is 2.02. The Morgan fingerprint density at radius 3 is 2.67 bits per heavy atom. The summed E-state index contributed by atoms with van der Waals surface area (Å²) in [6.45, 7) is 1.94. The van der Waals surface area contributed by atoms with Crippen molar-refractivity contribution >= 4 is 27.5 Å². The zero-order chi connectivity index (χ0) is 13.1. The van der Waals surface area contributed by atoms with Crippen molar-refractivity contribution in [2.24, 2.45) is 0 Å². The first-order chi connectivity index (χ1) is 8.56. The SMILES string of the molecule is Cc1ccc(C(=O)Nc2cccc(F)c2)cc1Br. The number of amides is 1. The molecule has 4 heteroatoms. The van der Waals surface area contributed by atoms with Gasteiger partial charge in [0.25, 0.3) is 5.91 Å². The molecule has 0 aliphatic carbocycles. The van der Waals surface area contributed by atoms with Gasteiger partial charge in [-0.3, -0.25) is 4.79 Å². The second kappa shape index (κ2) is 5.31. The lowest BCUT2D eigenvalue weighted by atomic mass is 10.1. The van der Waals surface area contributed by atoms with Gasteiger partial charge in [0.05, 0.1) is 0 Å². The van der Waals surface area contributed by atoms with Gasteiger partial charge in [-0.2, -0.15) is 0 Å². The van der Waals surface area contributed by atoms with Crippen molar-refractivity contribution in [3.8, 4) is 0 Å². The number of benzene rings is 2. The fourth-order valence-corrected chi connectivity index (χ4v) is 1.88. The second-order valence-corrected chi connectivity index (χ2v) is 4.78. The van der Waals surface area contributed by atoms with E-state index in [1.165, 1.54) is 12.1 Å². The van der Waals surface area contributed by atoms with Gasteiger partial charge in [0.15, 0.2) is 0 Å². The number of rotatable bonds is 2. The third-order valence-electron chi connectivity index (χ3n) is 2.52. The van der Waals surface area contributed by atoms with Crippen molar-refractivity contribution in [2.45, 2.75) is 6.92 Å². The molecule has 1 N–H and O–H groups in total. The van der Waals surface area contributed by atoms with E-state index >= 15 is 0 Å². The Labute approximate surface area is 113 Å². The van der Waals surface area contributed by atoms with Gasteiger partial charge in [0, 0.05) is 15.7 Å². The molecule has 0 atom stereocenters. The molecule has 1 amide bonds. The van der Waals surface area contributed by atoms with E-state index in [9.17, 15) is 9.18 Å². The Balaban J connectivity index is 2.19. The predicted molar refractivity (Wildman–Crippen MR) is 73.2 cm³/mol. The van der Waals surface area contributed by atoms with E-state index < -0.39 is 0 Å². The molecule has 92 valence electrons. The van der Waals surface area contributed by atoms with E-state index in [2.05, 4.69) is 21.2 Å². The third-order valence-corrected chi connectivity index (χ3v) is 3.37. The minimum atomic E-state index is -0.377. The molecule has 0 heterocycles. The fourth-order valence-electron chi connectivity index (χ4n) is 1.50. The van der Waals surface area contributed by atoms with Crippen molar-refractivity contribution in [1.29, 1.82) is 0 Å². The van der Waals surface area contributed by atoms with Crippen LogP contribution in [-0.2, 0) is 0 Å². The normalized spacial score (nSPS) is 10.2. The van der Waals surface area contributed by atoms with Gasteiger partial charge in [-0.1, -0.05) is 28.1 Å². The van der Waals surface area contributed by atoms with E-state index in [0.717, 1.165) is 10.0 Å².